The SMILES string of the molecule is Cc1cc[n+](C)c(-c2cccc(N3c4ccccc4N(C)[C@H]3C)c2C)c1C. The minimum atomic E-state index is 0.281. The van der Waals surface area contributed by atoms with E-state index < -0.39 is 0 Å². The van der Waals surface area contributed by atoms with Crippen LogP contribution in [0.25, 0.3) is 11.3 Å². The summed E-state index contributed by atoms with van der Waals surface area (Å²) in [6, 6.07) is 17.5. The van der Waals surface area contributed by atoms with Gasteiger partial charge in [-0.2, -0.15) is 0 Å². The average molecular weight is 359 g/mol. The maximum atomic E-state index is 2.46. The van der Waals surface area contributed by atoms with Crippen molar-refractivity contribution in [3.05, 3.63) is 71.4 Å². The molecule has 1 atom stereocenters. The van der Waals surface area contributed by atoms with E-state index in [1.54, 1.807) is 0 Å². The van der Waals surface area contributed by atoms with Crippen molar-refractivity contribution in [3.63, 3.8) is 0 Å². The summed E-state index contributed by atoms with van der Waals surface area (Å²) in [5.41, 5.74) is 10.4. The molecule has 138 valence electrons. The highest BCUT2D eigenvalue weighted by Gasteiger charge is 2.32. The van der Waals surface area contributed by atoms with Gasteiger partial charge in [0.15, 0.2) is 6.20 Å². The molecule has 0 saturated heterocycles. The molecule has 2 aromatic carbocycles. The molecule has 1 aliphatic heterocycles. The molecule has 0 fully saturated rings. The largest absolute Gasteiger partial charge is 0.353 e. The number of fused-ring (bicyclic) bond motifs is 1. The van der Waals surface area contributed by atoms with Gasteiger partial charge in [0.1, 0.15) is 13.2 Å². The highest BCUT2D eigenvalue weighted by atomic mass is 15.4. The van der Waals surface area contributed by atoms with Crippen LogP contribution in [0.5, 0.6) is 0 Å². The quantitative estimate of drug-likeness (QED) is 0.594. The number of hydrogen-bond acceptors (Lipinski definition) is 2. The molecule has 3 nitrogen and oxygen atoms in total. The Balaban J connectivity index is 1.92. The number of aryl methyl sites for hydroxylation is 2. The predicted octanol–water partition coefficient (Wildman–Crippen LogP) is 5.04. The van der Waals surface area contributed by atoms with Gasteiger partial charge in [-0.25, -0.2) is 4.57 Å². The van der Waals surface area contributed by atoms with Gasteiger partial charge in [-0.1, -0.05) is 18.2 Å². The lowest BCUT2D eigenvalue weighted by atomic mass is 9.97. The molecular weight excluding hydrogens is 330 g/mol. The number of para-hydroxylation sites is 2. The first-order valence-electron chi connectivity index (χ1n) is 9.58. The summed E-state index contributed by atoms with van der Waals surface area (Å²) in [6.07, 6.45) is 2.44. The Morgan fingerprint density at radius 2 is 1.48 bits per heavy atom. The van der Waals surface area contributed by atoms with Gasteiger partial charge in [-0.3, -0.25) is 0 Å². The summed E-state index contributed by atoms with van der Waals surface area (Å²) in [5.74, 6) is 0. The molecule has 0 amide bonds. The lowest BCUT2D eigenvalue weighted by Gasteiger charge is -2.29. The zero-order valence-electron chi connectivity index (χ0n) is 17.1. The van der Waals surface area contributed by atoms with E-state index in [2.05, 4.69) is 111 Å². The second-order valence-electron chi connectivity index (χ2n) is 7.63. The number of benzene rings is 2. The molecule has 1 aromatic heterocycles. The second kappa shape index (κ2) is 6.41. The summed E-state index contributed by atoms with van der Waals surface area (Å²) in [5, 5.41) is 0. The summed E-state index contributed by atoms with van der Waals surface area (Å²) < 4.78 is 2.24. The second-order valence-corrected chi connectivity index (χ2v) is 7.63. The van der Waals surface area contributed by atoms with Crippen LogP contribution < -0.4 is 14.4 Å². The molecule has 1 aliphatic rings. The third-order valence-corrected chi connectivity index (χ3v) is 6.12. The highest BCUT2D eigenvalue weighted by Crippen LogP contribution is 2.45. The third-order valence-electron chi connectivity index (χ3n) is 6.12. The van der Waals surface area contributed by atoms with Crippen LogP contribution in [0, 0.1) is 20.8 Å². The molecule has 3 heteroatoms. The molecular formula is C24H28N3+. The molecule has 0 aliphatic carbocycles. The van der Waals surface area contributed by atoms with Gasteiger partial charge in [0.05, 0.1) is 16.9 Å². The van der Waals surface area contributed by atoms with Gasteiger partial charge < -0.3 is 9.80 Å². The first-order chi connectivity index (χ1) is 12.9. The molecule has 0 radical (unpaired) electrons. The van der Waals surface area contributed by atoms with Gasteiger partial charge in [0.2, 0.25) is 5.69 Å². The Bertz CT molecular complexity index is 1020. The molecule has 4 rings (SSSR count). The van der Waals surface area contributed by atoms with Gasteiger partial charge >= 0.3 is 0 Å². The summed E-state index contributed by atoms with van der Waals surface area (Å²) in [4.78, 5) is 4.80. The predicted molar refractivity (Wildman–Crippen MR) is 114 cm³/mol. The maximum Gasteiger partial charge on any atom is 0.215 e. The van der Waals surface area contributed by atoms with E-state index in [-0.39, 0.29) is 6.17 Å². The van der Waals surface area contributed by atoms with E-state index in [0.717, 1.165) is 0 Å². The van der Waals surface area contributed by atoms with Gasteiger partial charge in [0, 0.05) is 24.4 Å². The Morgan fingerprint density at radius 3 is 2.22 bits per heavy atom. The average Bonchev–Trinajstić information content (AvgIpc) is 2.91. The van der Waals surface area contributed by atoms with Crippen LogP contribution in [0.1, 0.15) is 23.6 Å². The van der Waals surface area contributed by atoms with Crippen molar-refractivity contribution in [2.24, 2.45) is 7.05 Å². The van der Waals surface area contributed by atoms with Crippen molar-refractivity contribution in [2.45, 2.75) is 33.9 Å². The Labute approximate surface area is 162 Å². The third kappa shape index (κ3) is 2.61. The monoisotopic (exact) mass is 358 g/mol. The lowest BCUT2D eigenvalue weighted by Crippen LogP contribution is -2.36. The molecule has 0 N–H and O–H groups in total. The van der Waals surface area contributed by atoms with Gasteiger partial charge in [-0.15, -0.1) is 0 Å². The van der Waals surface area contributed by atoms with Gasteiger partial charge in [0.25, 0.3) is 0 Å². The van der Waals surface area contributed by atoms with E-state index in [4.69, 9.17) is 0 Å². The maximum absolute atomic E-state index is 2.46. The minimum absolute atomic E-state index is 0.281. The van der Waals surface area contributed by atoms with Crippen LogP contribution in [-0.2, 0) is 7.05 Å². The normalized spacial score (nSPS) is 16.0. The molecule has 0 spiro atoms. The topological polar surface area (TPSA) is 10.4 Å². The van der Waals surface area contributed by atoms with Crippen LogP contribution in [0.15, 0.2) is 54.7 Å². The summed E-state index contributed by atoms with van der Waals surface area (Å²) in [6.45, 7) is 8.92. The fourth-order valence-corrected chi connectivity index (χ4v) is 4.28. The number of rotatable bonds is 2. The van der Waals surface area contributed by atoms with E-state index >= 15 is 0 Å². The molecule has 0 unspecified atom stereocenters. The Hall–Kier alpha value is -2.81. The fraction of sp³-hybridized carbons (Fsp3) is 0.292. The number of hydrogen-bond donors (Lipinski definition) is 0. The van der Waals surface area contributed by atoms with Crippen molar-refractivity contribution in [3.8, 4) is 11.3 Å². The van der Waals surface area contributed by atoms with Crippen LogP contribution >= 0.6 is 0 Å². The number of nitrogens with zero attached hydrogens (tertiary/aromatic N) is 3. The van der Waals surface area contributed by atoms with E-state index in [1.807, 2.05) is 0 Å². The van der Waals surface area contributed by atoms with Crippen molar-refractivity contribution >= 4 is 17.1 Å². The zero-order valence-corrected chi connectivity index (χ0v) is 17.1. The summed E-state index contributed by atoms with van der Waals surface area (Å²) in [7, 11) is 4.31. The number of aromatic nitrogens is 1. The van der Waals surface area contributed by atoms with Crippen molar-refractivity contribution < 1.29 is 4.57 Å². The van der Waals surface area contributed by atoms with Crippen LogP contribution in [0.4, 0.5) is 17.1 Å². The Kier molecular flexibility index (Phi) is 4.18. The van der Waals surface area contributed by atoms with E-state index in [9.17, 15) is 0 Å². The summed E-state index contributed by atoms with van der Waals surface area (Å²) >= 11 is 0. The van der Waals surface area contributed by atoms with Crippen molar-refractivity contribution in [1.82, 2.24) is 0 Å². The molecule has 2 heterocycles. The standard InChI is InChI=1S/C24H28N3/c1-16-14-15-25(5)24(17(16)2)20-10-9-13-21(18(20)3)27-19(4)26(6)22-11-7-8-12-23(22)27/h7-15,19H,1-6H3/q+1/t19-/m1/s1. The molecule has 0 saturated carbocycles. The smallest absolute Gasteiger partial charge is 0.215 e. The van der Waals surface area contributed by atoms with Crippen molar-refractivity contribution in [2.75, 3.05) is 16.8 Å². The van der Waals surface area contributed by atoms with E-state index in [1.165, 1.54) is 45.0 Å². The van der Waals surface area contributed by atoms with Gasteiger partial charge in [-0.05, 0) is 63.1 Å². The zero-order chi connectivity index (χ0) is 19.3. The number of pyridine rings is 1. The van der Waals surface area contributed by atoms with Crippen LogP contribution in [-0.4, -0.2) is 13.2 Å². The van der Waals surface area contributed by atoms with Crippen LogP contribution in [0.3, 0.4) is 0 Å². The molecule has 0 bridgehead atoms. The minimum Gasteiger partial charge on any atom is -0.353 e. The molecule has 3 aromatic rings. The lowest BCUT2D eigenvalue weighted by molar-refractivity contribution is -0.660. The van der Waals surface area contributed by atoms with Crippen LogP contribution in [0.2, 0.25) is 0 Å². The van der Waals surface area contributed by atoms with Crippen molar-refractivity contribution in [1.29, 1.82) is 0 Å². The first-order valence-corrected chi connectivity index (χ1v) is 9.58. The highest BCUT2D eigenvalue weighted by molar-refractivity contribution is 5.86. The fourth-order valence-electron chi connectivity index (χ4n) is 4.28. The first kappa shape index (κ1) is 17.6. The van der Waals surface area contributed by atoms with E-state index in [0.29, 0.717) is 0 Å². The Morgan fingerprint density at radius 1 is 0.815 bits per heavy atom. The number of anilines is 3. The molecule has 27 heavy (non-hydrogen) atoms.